The molecule has 1 unspecified atom stereocenters. The number of rotatable bonds is 2. The Kier molecular flexibility index (Phi) is 2.97. The Morgan fingerprint density at radius 3 is 3.08 bits per heavy atom. The van der Waals surface area contributed by atoms with E-state index in [0.717, 1.165) is 5.56 Å². The molecule has 4 heteroatoms. The quantitative estimate of drug-likeness (QED) is 0.678. The summed E-state index contributed by atoms with van der Waals surface area (Å²) in [6.45, 7) is 0. The molecule has 3 nitrogen and oxygen atoms in total. The van der Waals surface area contributed by atoms with E-state index >= 15 is 0 Å². The smallest absolute Gasteiger partial charge is 0.108 e. The summed E-state index contributed by atoms with van der Waals surface area (Å²) in [4.78, 5) is 2.86. The molecule has 0 amide bonds. The van der Waals surface area contributed by atoms with Crippen molar-refractivity contribution in [3.8, 4) is 6.07 Å². The normalized spacial score (nSPS) is 12.0. The molecule has 0 spiro atoms. The third-order valence-corrected chi connectivity index (χ3v) is 1.91. The van der Waals surface area contributed by atoms with Crippen molar-refractivity contribution >= 4 is 12.2 Å². The van der Waals surface area contributed by atoms with E-state index < -0.39 is 0 Å². The number of H-pyrrole nitrogens is 1. The molecule has 0 aliphatic heterocycles. The van der Waals surface area contributed by atoms with Crippen LogP contribution in [0.15, 0.2) is 18.3 Å². The predicted octanol–water partition coefficient (Wildman–Crippen LogP) is 1.66. The molecule has 1 aromatic heterocycles. The second-order valence-electron chi connectivity index (χ2n) is 2.42. The molecule has 0 aliphatic rings. The van der Waals surface area contributed by atoms with Crippen molar-refractivity contribution in [3.63, 3.8) is 0 Å². The first-order valence-corrected chi connectivity index (χ1v) is 3.96. The van der Waals surface area contributed by atoms with Gasteiger partial charge in [-0.2, -0.15) is 5.26 Å². The minimum absolute atomic E-state index is 0.278. The lowest BCUT2D eigenvalue weighted by molar-refractivity contribution is 0.741. The molecule has 0 aromatic carbocycles. The molecule has 3 N–H and O–H groups in total. The molecular formula is C8H9N3S. The average molecular weight is 179 g/mol. The second kappa shape index (κ2) is 4.00. The Balaban J connectivity index is 2.97. The van der Waals surface area contributed by atoms with Crippen LogP contribution in [0.25, 0.3) is 0 Å². The van der Waals surface area contributed by atoms with Crippen LogP contribution < -0.4 is 5.73 Å². The van der Waals surface area contributed by atoms with Crippen LogP contribution in [0.1, 0.15) is 18.0 Å². The van der Waals surface area contributed by atoms with E-state index in [0.29, 0.717) is 11.1 Å². The zero-order valence-electron chi connectivity index (χ0n) is 6.45. The molecule has 0 bridgehead atoms. The van der Waals surface area contributed by atoms with Gasteiger partial charge in [-0.05, 0) is 6.07 Å². The first-order valence-electron chi connectivity index (χ1n) is 3.56. The number of aromatic amines is 1. The molecule has 0 aliphatic carbocycles. The van der Waals surface area contributed by atoms with Crippen LogP contribution in [0, 0.1) is 16.0 Å². The molecule has 62 valence electrons. The molecule has 0 radical (unpaired) electrons. The van der Waals surface area contributed by atoms with Gasteiger partial charge < -0.3 is 10.7 Å². The summed E-state index contributed by atoms with van der Waals surface area (Å²) >= 11 is 5.00. The maximum atomic E-state index is 8.41. The highest BCUT2D eigenvalue weighted by Gasteiger charge is 2.05. The van der Waals surface area contributed by atoms with Gasteiger partial charge in [0.1, 0.15) is 4.64 Å². The summed E-state index contributed by atoms with van der Waals surface area (Å²) < 4.78 is 0.611. The Hall–Kier alpha value is -1.18. The molecule has 1 rings (SSSR count). The van der Waals surface area contributed by atoms with E-state index in [4.69, 9.17) is 23.2 Å². The highest BCUT2D eigenvalue weighted by Crippen LogP contribution is 2.12. The molecule has 0 saturated heterocycles. The SMILES string of the molecule is N#CCC(N)c1ccc[nH]c1=S. The van der Waals surface area contributed by atoms with Crippen LogP contribution in [0.4, 0.5) is 0 Å². The third kappa shape index (κ3) is 1.91. The van der Waals surface area contributed by atoms with Crippen LogP contribution in [0.5, 0.6) is 0 Å². The first kappa shape index (κ1) is 8.91. The Bertz CT molecular complexity index is 350. The minimum atomic E-state index is -0.278. The fraction of sp³-hybridized carbons (Fsp3) is 0.250. The number of hydrogen-bond acceptors (Lipinski definition) is 3. The van der Waals surface area contributed by atoms with E-state index in [1.54, 1.807) is 6.20 Å². The van der Waals surface area contributed by atoms with Crippen molar-refractivity contribution in [1.82, 2.24) is 4.98 Å². The van der Waals surface area contributed by atoms with Gasteiger partial charge in [0.05, 0.1) is 12.5 Å². The van der Waals surface area contributed by atoms with Gasteiger partial charge in [-0.15, -0.1) is 0 Å². The van der Waals surface area contributed by atoms with Gasteiger partial charge in [0, 0.05) is 17.8 Å². The maximum absolute atomic E-state index is 8.41. The van der Waals surface area contributed by atoms with Crippen LogP contribution in [0.3, 0.4) is 0 Å². The molecule has 0 fully saturated rings. The summed E-state index contributed by atoms with van der Waals surface area (Å²) in [5, 5.41) is 8.41. The number of pyridine rings is 1. The van der Waals surface area contributed by atoms with Crippen LogP contribution in [0.2, 0.25) is 0 Å². The predicted molar refractivity (Wildman–Crippen MR) is 48.8 cm³/mol. The Labute approximate surface area is 75.8 Å². The number of aromatic nitrogens is 1. The summed E-state index contributed by atoms with van der Waals surface area (Å²) in [6.07, 6.45) is 2.03. The van der Waals surface area contributed by atoms with Crippen molar-refractivity contribution in [2.24, 2.45) is 5.73 Å². The summed E-state index contributed by atoms with van der Waals surface area (Å²) in [5.41, 5.74) is 6.52. The number of nitriles is 1. The largest absolute Gasteiger partial charge is 0.353 e. The molecule has 1 heterocycles. The standard InChI is InChI=1S/C8H9N3S/c9-4-3-7(10)6-2-1-5-11-8(6)12/h1-2,5,7H,3,10H2,(H,11,12). The lowest BCUT2D eigenvalue weighted by atomic mass is 10.1. The number of hydrogen-bond donors (Lipinski definition) is 2. The van der Waals surface area contributed by atoms with E-state index in [-0.39, 0.29) is 6.04 Å². The van der Waals surface area contributed by atoms with Gasteiger partial charge >= 0.3 is 0 Å². The Morgan fingerprint density at radius 2 is 2.50 bits per heavy atom. The second-order valence-corrected chi connectivity index (χ2v) is 2.83. The zero-order valence-corrected chi connectivity index (χ0v) is 7.27. The number of nitrogens with zero attached hydrogens (tertiary/aromatic N) is 1. The van der Waals surface area contributed by atoms with Gasteiger partial charge in [0.25, 0.3) is 0 Å². The molecule has 1 atom stereocenters. The van der Waals surface area contributed by atoms with Gasteiger partial charge in [-0.25, -0.2) is 0 Å². The summed E-state index contributed by atoms with van der Waals surface area (Å²) in [6, 6.07) is 5.39. The Morgan fingerprint density at radius 1 is 1.75 bits per heavy atom. The minimum Gasteiger partial charge on any atom is -0.353 e. The van der Waals surface area contributed by atoms with Gasteiger partial charge in [-0.3, -0.25) is 0 Å². The summed E-state index contributed by atoms with van der Waals surface area (Å²) in [7, 11) is 0. The highest BCUT2D eigenvalue weighted by molar-refractivity contribution is 7.71. The summed E-state index contributed by atoms with van der Waals surface area (Å²) in [5.74, 6) is 0. The van der Waals surface area contributed by atoms with Crippen molar-refractivity contribution in [1.29, 1.82) is 5.26 Å². The molecule has 12 heavy (non-hydrogen) atoms. The van der Waals surface area contributed by atoms with Crippen molar-refractivity contribution in [2.75, 3.05) is 0 Å². The molecule has 1 aromatic rings. The van der Waals surface area contributed by atoms with Crippen LogP contribution >= 0.6 is 12.2 Å². The van der Waals surface area contributed by atoms with E-state index in [9.17, 15) is 0 Å². The highest BCUT2D eigenvalue weighted by atomic mass is 32.1. The van der Waals surface area contributed by atoms with Gasteiger partial charge in [0.15, 0.2) is 0 Å². The lowest BCUT2D eigenvalue weighted by Crippen LogP contribution is -2.10. The zero-order chi connectivity index (χ0) is 8.97. The maximum Gasteiger partial charge on any atom is 0.108 e. The lowest BCUT2D eigenvalue weighted by Gasteiger charge is -2.06. The third-order valence-electron chi connectivity index (χ3n) is 1.56. The van der Waals surface area contributed by atoms with Gasteiger partial charge in [0.2, 0.25) is 0 Å². The van der Waals surface area contributed by atoms with Gasteiger partial charge in [-0.1, -0.05) is 18.3 Å². The van der Waals surface area contributed by atoms with E-state index in [2.05, 4.69) is 4.98 Å². The average Bonchev–Trinajstić information content (AvgIpc) is 2.05. The van der Waals surface area contributed by atoms with Crippen molar-refractivity contribution in [2.45, 2.75) is 12.5 Å². The van der Waals surface area contributed by atoms with E-state index in [1.807, 2.05) is 18.2 Å². The molecular weight excluding hydrogens is 170 g/mol. The molecule has 0 saturated carbocycles. The first-order chi connectivity index (χ1) is 5.75. The van der Waals surface area contributed by atoms with E-state index in [1.165, 1.54) is 0 Å². The van der Waals surface area contributed by atoms with Crippen LogP contribution in [-0.4, -0.2) is 4.98 Å². The van der Waals surface area contributed by atoms with Crippen molar-refractivity contribution in [3.05, 3.63) is 28.5 Å². The van der Waals surface area contributed by atoms with Crippen LogP contribution in [-0.2, 0) is 0 Å². The number of nitrogens with two attached hydrogens (primary N) is 1. The fourth-order valence-corrected chi connectivity index (χ4v) is 1.22. The van der Waals surface area contributed by atoms with Crippen molar-refractivity contribution < 1.29 is 0 Å². The topological polar surface area (TPSA) is 65.6 Å². The number of nitrogens with one attached hydrogen (secondary N) is 1. The fourth-order valence-electron chi connectivity index (χ4n) is 0.935. The monoisotopic (exact) mass is 179 g/mol.